The van der Waals surface area contributed by atoms with Crippen LogP contribution in [0, 0.1) is 0 Å². The molecule has 0 bridgehead atoms. The van der Waals surface area contributed by atoms with Crippen LogP contribution in [-0.2, 0) is 11.3 Å². The summed E-state index contributed by atoms with van der Waals surface area (Å²) in [5, 5.41) is 4.46. The van der Waals surface area contributed by atoms with Gasteiger partial charge in [-0.15, -0.1) is 0 Å². The third-order valence-electron chi connectivity index (χ3n) is 6.48. The highest BCUT2D eigenvalue weighted by molar-refractivity contribution is 7.95. The Kier molecular flexibility index (Phi) is 9.49. The number of rotatable bonds is 13. The molecule has 0 aliphatic heterocycles. The van der Waals surface area contributed by atoms with Crippen LogP contribution >= 0.6 is 7.26 Å². The maximum absolute atomic E-state index is 5.86. The quantitative estimate of drug-likeness (QED) is 0.150. The van der Waals surface area contributed by atoms with Gasteiger partial charge in [-0.05, 0) is 61.2 Å². The van der Waals surface area contributed by atoms with Crippen molar-refractivity contribution in [3.63, 3.8) is 0 Å². The van der Waals surface area contributed by atoms with Crippen LogP contribution in [0.3, 0.4) is 0 Å². The number of ether oxygens (including phenoxy) is 1. The van der Waals surface area contributed by atoms with Gasteiger partial charge in [-0.1, -0.05) is 97.8 Å². The lowest BCUT2D eigenvalue weighted by Gasteiger charge is -2.27. The van der Waals surface area contributed by atoms with Crippen LogP contribution in [-0.4, -0.2) is 12.8 Å². The van der Waals surface area contributed by atoms with Gasteiger partial charge in [-0.2, -0.15) is 0 Å². The van der Waals surface area contributed by atoms with E-state index in [1.807, 2.05) is 6.07 Å². The summed E-state index contributed by atoms with van der Waals surface area (Å²) in [6, 6.07) is 44.1. The van der Waals surface area contributed by atoms with Crippen molar-refractivity contribution in [2.75, 3.05) is 12.8 Å². The molecule has 0 saturated heterocycles. The molecule has 0 spiro atoms. The van der Waals surface area contributed by atoms with Crippen molar-refractivity contribution in [3.05, 3.63) is 127 Å². The van der Waals surface area contributed by atoms with E-state index in [1.54, 1.807) is 0 Å². The topological polar surface area (TPSA) is 9.23 Å². The van der Waals surface area contributed by atoms with Crippen molar-refractivity contribution in [2.45, 2.75) is 38.7 Å². The van der Waals surface area contributed by atoms with E-state index in [0.29, 0.717) is 0 Å². The fourth-order valence-corrected chi connectivity index (χ4v) is 9.14. The minimum absolute atomic E-state index is 0.721. The molecule has 0 aliphatic rings. The van der Waals surface area contributed by atoms with E-state index < -0.39 is 7.26 Å². The Bertz CT molecular complexity index is 968. The molecule has 0 atom stereocenters. The fourth-order valence-electron chi connectivity index (χ4n) is 4.73. The summed E-state index contributed by atoms with van der Waals surface area (Å²) in [4.78, 5) is 0. The first kappa shape index (κ1) is 24.4. The second kappa shape index (κ2) is 13.2. The van der Waals surface area contributed by atoms with E-state index in [2.05, 4.69) is 115 Å². The average Bonchev–Trinajstić information content (AvgIpc) is 2.92. The fraction of sp³-hybridized carbons (Fsp3) is 0.250. The highest BCUT2D eigenvalue weighted by Gasteiger charge is 2.44. The normalized spacial score (nSPS) is 11.4. The Balaban J connectivity index is 1.36. The number of benzene rings is 4. The molecule has 4 rings (SSSR count). The second-order valence-electron chi connectivity index (χ2n) is 8.85. The molecule has 2 heteroatoms. The largest absolute Gasteiger partial charge is 0.377 e. The second-order valence-corrected chi connectivity index (χ2v) is 12.5. The molecule has 0 aromatic heterocycles. The number of hydrogen-bond acceptors (Lipinski definition) is 1. The number of hydrogen-bond donors (Lipinski definition) is 0. The predicted octanol–water partition coefficient (Wildman–Crippen LogP) is 7.15. The summed E-state index contributed by atoms with van der Waals surface area (Å²) >= 11 is 0. The van der Waals surface area contributed by atoms with E-state index in [4.69, 9.17) is 4.74 Å². The van der Waals surface area contributed by atoms with Crippen LogP contribution in [0.15, 0.2) is 121 Å². The van der Waals surface area contributed by atoms with E-state index >= 15 is 0 Å². The van der Waals surface area contributed by atoms with Crippen LogP contribution in [0.5, 0.6) is 0 Å². The number of unbranched alkanes of at least 4 members (excludes halogenated alkanes) is 4. The van der Waals surface area contributed by atoms with Crippen LogP contribution in [0.4, 0.5) is 0 Å². The van der Waals surface area contributed by atoms with Crippen LogP contribution in [0.25, 0.3) is 0 Å². The first-order chi connectivity index (χ1) is 16.9. The molecule has 0 amide bonds. The molecule has 174 valence electrons. The Hall–Kier alpha value is -2.73. The lowest BCUT2D eigenvalue weighted by atomic mass is 10.2. The van der Waals surface area contributed by atoms with Gasteiger partial charge in [0.25, 0.3) is 0 Å². The molecule has 0 heterocycles. The van der Waals surface area contributed by atoms with E-state index in [1.165, 1.54) is 53.3 Å². The molecule has 0 N–H and O–H groups in total. The Labute approximate surface area is 206 Å². The highest BCUT2D eigenvalue weighted by Crippen LogP contribution is 2.55. The zero-order valence-corrected chi connectivity index (χ0v) is 21.0. The van der Waals surface area contributed by atoms with E-state index in [9.17, 15) is 0 Å². The summed E-state index contributed by atoms with van der Waals surface area (Å²) in [6.45, 7) is 1.57. The molecule has 34 heavy (non-hydrogen) atoms. The maximum atomic E-state index is 5.86. The highest BCUT2D eigenvalue weighted by atomic mass is 31.2. The van der Waals surface area contributed by atoms with Gasteiger partial charge in [-0.25, -0.2) is 0 Å². The molecule has 0 aliphatic carbocycles. The summed E-state index contributed by atoms with van der Waals surface area (Å²) in [7, 11) is -1.68. The third kappa shape index (κ3) is 6.44. The van der Waals surface area contributed by atoms with Gasteiger partial charge in [0.05, 0.1) is 12.8 Å². The van der Waals surface area contributed by atoms with Crippen LogP contribution in [0.1, 0.15) is 37.7 Å². The molecule has 0 fully saturated rings. The zero-order valence-electron chi connectivity index (χ0n) is 20.1. The SMILES string of the molecule is c1ccc(COCCCCCCC[P+](c2ccccc2)(c2ccccc2)c2ccccc2)cc1. The monoisotopic (exact) mass is 467 g/mol. The Morgan fingerprint density at radius 3 is 1.35 bits per heavy atom. The molecule has 1 nitrogen and oxygen atoms in total. The molecule has 0 radical (unpaired) electrons. The standard InChI is InChI=1S/C32H36OP/c1(2-16-26-33-28-29-18-8-4-9-19-29)3-17-27-34(30-20-10-5-11-21-30,31-22-12-6-13-23-31)32-24-14-7-15-25-32/h4-15,18-25H,1-3,16-17,26-28H2/q+1. The molecular formula is C32H36OP+. The molecule has 0 unspecified atom stereocenters. The summed E-state index contributed by atoms with van der Waals surface area (Å²) in [6.07, 6.45) is 7.39. The van der Waals surface area contributed by atoms with Crippen LogP contribution < -0.4 is 15.9 Å². The molecule has 0 saturated carbocycles. The summed E-state index contributed by atoms with van der Waals surface area (Å²) in [5.41, 5.74) is 1.26. The van der Waals surface area contributed by atoms with Crippen molar-refractivity contribution >= 4 is 23.2 Å². The van der Waals surface area contributed by atoms with Crippen molar-refractivity contribution in [1.82, 2.24) is 0 Å². The van der Waals surface area contributed by atoms with Gasteiger partial charge >= 0.3 is 0 Å². The minimum atomic E-state index is -1.68. The Morgan fingerprint density at radius 2 is 0.853 bits per heavy atom. The van der Waals surface area contributed by atoms with Gasteiger partial charge in [0.1, 0.15) is 23.2 Å². The molecule has 4 aromatic rings. The van der Waals surface area contributed by atoms with Crippen molar-refractivity contribution in [2.24, 2.45) is 0 Å². The third-order valence-corrected chi connectivity index (χ3v) is 11.0. The van der Waals surface area contributed by atoms with E-state index in [0.717, 1.165) is 19.6 Å². The smallest absolute Gasteiger partial charge is 0.112 e. The lowest BCUT2D eigenvalue weighted by molar-refractivity contribution is 0.116. The van der Waals surface area contributed by atoms with Crippen LogP contribution in [0.2, 0.25) is 0 Å². The van der Waals surface area contributed by atoms with Crippen molar-refractivity contribution < 1.29 is 4.74 Å². The summed E-state index contributed by atoms with van der Waals surface area (Å²) in [5.74, 6) is 0. The minimum Gasteiger partial charge on any atom is -0.377 e. The average molecular weight is 468 g/mol. The predicted molar refractivity (Wildman–Crippen MR) is 149 cm³/mol. The van der Waals surface area contributed by atoms with Crippen molar-refractivity contribution in [1.29, 1.82) is 0 Å². The maximum Gasteiger partial charge on any atom is 0.112 e. The van der Waals surface area contributed by atoms with Gasteiger partial charge in [0.15, 0.2) is 0 Å². The molecular weight excluding hydrogens is 431 g/mol. The zero-order chi connectivity index (χ0) is 23.3. The first-order valence-electron chi connectivity index (χ1n) is 12.6. The van der Waals surface area contributed by atoms with Crippen molar-refractivity contribution in [3.8, 4) is 0 Å². The van der Waals surface area contributed by atoms with Gasteiger partial charge in [0.2, 0.25) is 0 Å². The van der Waals surface area contributed by atoms with Gasteiger partial charge in [-0.3, -0.25) is 0 Å². The first-order valence-corrected chi connectivity index (χ1v) is 14.5. The lowest BCUT2D eigenvalue weighted by Crippen LogP contribution is -2.33. The van der Waals surface area contributed by atoms with Gasteiger partial charge in [0, 0.05) is 6.61 Å². The Morgan fingerprint density at radius 1 is 0.441 bits per heavy atom. The van der Waals surface area contributed by atoms with E-state index in [-0.39, 0.29) is 0 Å². The molecule has 4 aromatic carbocycles. The summed E-state index contributed by atoms with van der Waals surface area (Å²) < 4.78 is 5.86. The van der Waals surface area contributed by atoms with Gasteiger partial charge < -0.3 is 4.74 Å².